The van der Waals surface area contributed by atoms with Crippen LogP contribution in [0.2, 0.25) is 0 Å². The molecule has 2 saturated heterocycles. The molecule has 2 aliphatic heterocycles. The standard InChI is InChI=1S/C19H32N2OS/c1-16(2)18-5-6-19(23-18)21-11-7-17(8-12-21)15-22-14-13-20-9-3-4-10-20/h5-6,16-17H,3-4,7-15H2,1-2H3. The molecule has 0 bridgehead atoms. The van der Waals surface area contributed by atoms with Crippen molar-refractivity contribution in [1.29, 1.82) is 0 Å². The number of rotatable bonds is 7. The molecule has 0 saturated carbocycles. The second-order valence-electron chi connectivity index (χ2n) is 7.38. The van der Waals surface area contributed by atoms with E-state index in [0.29, 0.717) is 5.92 Å². The fourth-order valence-electron chi connectivity index (χ4n) is 3.59. The zero-order valence-electron chi connectivity index (χ0n) is 14.8. The van der Waals surface area contributed by atoms with Crippen molar-refractivity contribution < 1.29 is 4.74 Å². The van der Waals surface area contributed by atoms with E-state index >= 15 is 0 Å². The number of nitrogens with zero attached hydrogens (tertiary/aromatic N) is 2. The van der Waals surface area contributed by atoms with Gasteiger partial charge in [0.1, 0.15) is 0 Å². The number of hydrogen-bond donors (Lipinski definition) is 0. The van der Waals surface area contributed by atoms with Crippen molar-refractivity contribution in [3.8, 4) is 0 Å². The van der Waals surface area contributed by atoms with Crippen LogP contribution in [0, 0.1) is 5.92 Å². The highest BCUT2D eigenvalue weighted by atomic mass is 32.1. The number of anilines is 1. The zero-order valence-corrected chi connectivity index (χ0v) is 15.6. The van der Waals surface area contributed by atoms with Gasteiger partial charge >= 0.3 is 0 Å². The van der Waals surface area contributed by atoms with Crippen LogP contribution in [0.1, 0.15) is 50.3 Å². The molecule has 1 aromatic rings. The molecule has 3 nitrogen and oxygen atoms in total. The Balaban J connectivity index is 1.33. The van der Waals surface area contributed by atoms with Gasteiger partial charge in [-0.05, 0) is 62.7 Å². The van der Waals surface area contributed by atoms with Gasteiger partial charge in [-0.1, -0.05) is 13.8 Å². The van der Waals surface area contributed by atoms with Crippen molar-refractivity contribution in [2.45, 2.75) is 45.4 Å². The van der Waals surface area contributed by atoms with Gasteiger partial charge in [0.05, 0.1) is 11.6 Å². The molecule has 0 amide bonds. The van der Waals surface area contributed by atoms with Gasteiger partial charge < -0.3 is 14.5 Å². The highest BCUT2D eigenvalue weighted by Gasteiger charge is 2.21. The molecule has 0 N–H and O–H groups in total. The first-order valence-electron chi connectivity index (χ1n) is 9.37. The molecule has 2 fully saturated rings. The molecule has 0 spiro atoms. The first-order chi connectivity index (χ1) is 11.2. The molecule has 0 radical (unpaired) electrons. The van der Waals surface area contributed by atoms with Crippen molar-refractivity contribution in [3.05, 3.63) is 17.0 Å². The second kappa shape index (κ2) is 8.50. The van der Waals surface area contributed by atoms with Crippen LogP contribution >= 0.6 is 11.3 Å². The Morgan fingerprint density at radius 3 is 2.52 bits per heavy atom. The van der Waals surface area contributed by atoms with E-state index in [-0.39, 0.29) is 0 Å². The van der Waals surface area contributed by atoms with Gasteiger partial charge in [0, 0.05) is 31.1 Å². The lowest BCUT2D eigenvalue weighted by Crippen LogP contribution is -2.35. The predicted octanol–water partition coefficient (Wildman–Crippen LogP) is 4.20. The Morgan fingerprint density at radius 2 is 1.87 bits per heavy atom. The molecule has 3 rings (SSSR count). The molecule has 3 heterocycles. The summed E-state index contributed by atoms with van der Waals surface area (Å²) >= 11 is 1.97. The molecular formula is C19H32N2OS. The van der Waals surface area contributed by atoms with Crippen LogP contribution in [0.25, 0.3) is 0 Å². The number of hydrogen-bond acceptors (Lipinski definition) is 4. The van der Waals surface area contributed by atoms with Gasteiger partial charge in [-0.2, -0.15) is 0 Å². The highest BCUT2D eigenvalue weighted by Crippen LogP contribution is 2.33. The minimum atomic E-state index is 0.648. The molecular weight excluding hydrogens is 304 g/mol. The predicted molar refractivity (Wildman–Crippen MR) is 99.8 cm³/mol. The molecule has 0 aromatic carbocycles. The number of piperidine rings is 1. The average molecular weight is 337 g/mol. The summed E-state index contributed by atoms with van der Waals surface area (Å²) in [7, 11) is 0. The molecule has 0 aliphatic carbocycles. The van der Waals surface area contributed by atoms with E-state index in [9.17, 15) is 0 Å². The second-order valence-corrected chi connectivity index (χ2v) is 8.48. The third kappa shape index (κ3) is 4.94. The normalized spacial score (nSPS) is 20.7. The van der Waals surface area contributed by atoms with Gasteiger partial charge in [-0.15, -0.1) is 11.3 Å². The third-order valence-electron chi connectivity index (χ3n) is 5.21. The van der Waals surface area contributed by atoms with E-state index in [4.69, 9.17) is 4.74 Å². The molecule has 0 atom stereocenters. The van der Waals surface area contributed by atoms with Crippen LogP contribution in [0.4, 0.5) is 5.00 Å². The van der Waals surface area contributed by atoms with Gasteiger partial charge in [0.2, 0.25) is 0 Å². The van der Waals surface area contributed by atoms with Crippen molar-refractivity contribution in [2.75, 3.05) is 50.8 Å². The summed E-state index contributed by atoms with van der Waals surface area (Å²) in [4.78, 5) is 6.61. The maximum absolute atomic E-state index is 5.95. The highest BCUT2D eigenvalue weighted by molar-refractivity contribution is 7.16. The summed E-state index contributed by atoms with van der Waals surface area (Å²) < 4.78 is 5.95. The summed E-state index contributed by atoms with van der Waals surface area (Å²) in [6.07, 6.45) is 5.30. The van der Waals surface area contributed by atoms with E-state index in [1.54, 1.807) is 0 Å². The van der Waals surface area contributed by atoms with Crippen LogP contribution in [0.5, 0.6) is 0 Å². The average Bonchev–Trinajstić information content (AvgIpc) is 3.24. The van der Waals surface area contributed by atoms with E-state index in [1.807, 2.05) is 11.3 Å². The first-order valence-corrected chi connectivity index (χ1v) is 10.2. The molecule has 130 valence electrons. The Labute approximate surface area is 145 Å². The number of ether oxygens (including phenoxy) is 1. The van der Waals surface area contributed by atoms with Gasteiger partial charge in [-0.25, -0.2) is 0 Å². The van der Waals surface area contributed by atoms with E-state index in [0.717, 1.165) is 25.7 Å². The van der Waals surface area contributed by atoms with E-state index in [1.165, 1.54) is 61.7 Å². The topological polar surface area (TPSA) is 15.7 Å². The Hall–Kier alpha value is -0.580. The maximum atomic E-state index is 5.95. The summed E-state index contributed by atoms with van der Waals surface area (Å²) in [5.74, 6) is 1.41. The molecule has 23 heavy (non-hydrogen) atoms. The van der Waals surface area contributed by atoms with Crippen LogP contribution < -0.4 is 4.90 Å². The van der Waals surface area contributed by atoms with Gasteiger partial charge in [0.15, 0.2) is 0 Å². The lowest BCUT2D eigenvalue weighted by Gasteiger charge is -2.32. The summed E-state index contributed by atoms with van der Waals surface area (Å²) in [5, 5.41) is 1.46. The fraction of sp³-hybridized carbons (Fsp3) is 0.789. The summed E-state index contributed by atoms with van der Waals surface area (Å²) in [5.41, 5.74) is 0. The lowest BCUT2D eigenvalue weighted by molar-refractivity contribution is 0.0754. The minimum absolute atomic E-state index is 0.648. The van der Waals surface area contributed by atoms with Crippen molar-refractivity contribution in [3.63, 3.8) is 0 Å². The number of likely N-dealkylation sites (tertiary alicyclic amines) is 1. The van der Waals surface area contributed by atoms with E-state index in [2.05, 4.69) is 35.8 Å². The molecule has 0 unspecified atom stereocenters. The Bertz CT molecular complexity index is 460. The maximum Gasteiger partial charge on any atom is 0.0911 e. The van der Waals surface area contributed by atoms with Crippen molar-refractivity contribution in [2.24, 2.45) is 5.92 Å². The van der Waals surface area contributed by atoms with Crippen LogP contribution in [-0.4, -0.2) is 50.8 Å². The van der Waals surface area contributed by atoms with Crippen LogP contribution in [-0.2, 0) is 4.74 Å². The Morgan fingerprint density at radius 1 is 1.13 bits per heavy atom. The third-order valence-corrected chi connectivity index (χ3v) is 6.66. The van der Waals surface area contributed by atoms with Gasteiger partial charge in [0.25, 0.3) is 0 Å². The lowest BCUT2D eigenvalue weighted by atomic mass is 9.98. The van der Waals surface area contributed by atoms with Crippen molar-refractivity contribution in [1.82, 2.24) is 4.90 Å². The molecule has 2 aliphatic rings. The van der Waals surface area contributed by atoms with E-state index < -0.39 is 0 Å². The summed E-state index contributed by atoms with van der Waals surface area (Å²) in [6, 6.07) is 4.62. The minimum Gasteiger partial charge on any atom is -0.380 e. The smallest absolute Gasteiger partial charge is 0.0911 e. The van der Waals surface area contributed by atoms with Crippen molar-refractivity contribution >= 4 is 16.3 Å². The summed E-state index contributed by atoms with van der Waals surface area (Å²) in [6.45, 7) is 12.5. The monoisotopic (exact) mass is 336 g/mol. The fourth-order valence-corrected chi connectivity index (χ4v) is 4.65. The largest absolute Gasteiger partial charge is 0.380 e. The molecule has 1 aromatic heterocycles. The zero-order chi connectivity index (χ0) is 16.1. The molecule has 4 heteroatoms. The van der Waals surface area contributed by atoms with Crippen LogP contribution in [0.3, 0.4) is 0 Å². The Kier molecular flexibility index (Phi) is 6.37. The SMILES string of the molecule is CC(C)c1ccc(N2CCC(COCCN3CCCC3)CC2)s1. The van der Waals surface area contributed by atoms with Crippen LogP contribution in [0.15, 0.2) is 12.1 Å². The quantitative estimate of drug-likeness (QED) is 0.694. The number of thiophene rings is 1. The first kappa shape index (κ1) is 17.2. The van der Waals surface area contributed by atoms with Gasteiger partial charge in [-0.3, -0.25) is 0 Å².